The van der Waals surface area contributed by atoms with Gasteiger partial charge in [-0.1, -0.05) is 17.7 Å². The van der Waals surface area contributed by atoms with Crippen LogP contribution in [0.5, 0.6) is 0 Å². The van der Waals surface area contributed by atoms with E-state index in [0.29, 0.717) is 29.2 Å². The molecule has 30 heavy (non-hydrogen) atoms. The smallest absolute Gasteiger partial charge is 0.252 e. The molecule has 4 aliphatic carbocycles. The largest absolute Gasteiger partial charge is 0.396 e. The Morgan fingerprint density at radius 1 is 1.13 bits per heavy atom. The Kier molecular flexibility index (Phi) is 7.35. The third-order valence-electron chi connectivity index (χ3n) is 7.27. The van der Waals surface area contributed by atoms with E-state index in [1.165, 1.54) is 38.5 Å². The lowest BCUT2D eigenvalue weighted by Gasteiger charge is -2.56. The fourth-order valence-corrected chi connectivity index (χ4v) is 6.57. The predicted molar refractivity (Wildman–Crippen MR) is 119 cm³/mol. The molecule has 1 aromatic carbocycles. The molecule has 0 aromatic heterocycles. The summed E-state index contributed by atoms with van der Waals surface area (Å²) in [4.78, 5) is 12.9. The van der Waals surface area contributed by atoms with Gasteiger partial charge in [-0.25, -0.2) is 0 Å². The van der Waals surface area contributed by atoms with Gasteiger partial charge in [0.15, 0.2) is 0 Å². The van der Waals surface area contributed by atoms with Crippen LogP contribution < -0.4 is 10.6 Å². The van der Waals surface area contributed by atoms with Gasteiger partial charge in [0.2, 0.25) is 0 Å². The number of amides is 1. The van der Waals surface area contributed by atoms with Crippen molar-refractivity contribution in [2.45, 2.75) is 51.6 Å². The van der Waals surface area contributed by atoms with E-state index in [-0.39, 0.29) is 12.5 Å². The van der Waals surface area contributed by atoms with Crippen molar-refractivity contribution in [3.8, 4) is 0 Å². The zero-order chi connectivity index (χ0) is 21.0. The van der Waals surface area contributed by atoms with Gasteiger partial charge in [0, 0.05) is 19.7 Å². The molecule has 5 rings (SSSR count). The van der Waals surface area contributed by atoms with Crippen molar-refractivity contribution in [3.05, 3.63) is 34.3 Å². The van der Waals surface area contributed by atoms with Crippen LogP contribution in [0.4, 0.5) is 0 Å². The van der Waals surface area contributed by atoms with E-state index in [1.807, 2.05) is 12.1 Å². The molecule has 3 N–H and O–H groups in total. The highest BCUT2D eigenvalue weighted by Gasteiger charge is 2.50. The molecule has 5 nitrogen and oxygen atoms in total. The number of ether oxygens (including phenoxy) is 1. The molecular weight excluding hydrogens is 400 g/mol. The first-order valence-corrected chi connectivity index (χ1v) is 11.9. The Labute approximate surface area is 184 Å². The number of aliphatic hydroxyl groups is 1. The van der Waals surface area contributed by atoms with Crippen LogP contribution in [0.25, 0.3) is 0 Å². The normalized spacial score (nSPS) is 29.3. The fourth-order valence-electron chi connectivity index (χ4n) is 6.37. The van der Waals surface area contributed by atoms with E-state index < -0.39 is 0 Å². The molecular formula is C24H35ClN2O3. The van der Waals surface area contributed by atoms with Crippen molar-refractivity contribution in [2.75, 3.05) is 32.8 Å². The lowest BCUT2D eigenvalue weighted by molar-refractivity contribution is -0.0503. The molecule has 0 aliphatic heterocycles. The van der Waals surface area contributed by atoms with Gasteiger partial charge in [-0.3, -0.25) is 4.79 Å². The zero-order valence-electron chi connectivity index (χ0n) is 17.8. The molecule has 1 amide bonds. The topological polar surface area (TPSA) is 70.6 Å². The van der Waals surface area contributed by atoms with Gasteiger partial charge in [0.05, 0.1) is 23.8 Å². The first kappa shape index (κ1) is 22.1. The average Bonchev–Trinajstić information content (AvgIpc) is 2.71. The Bertz CT molecular complexity index is 704. The van der Waals surface area contributed by atoms with Gasteiger partial charge >= 0.3 is 0 Å². The summed E-state index contributed by atoms with van der Waals surface area (Å²) in [5, 5.41) is 15.7. The number of hydrogen-bond acceptors (Lipinski definition) is 4. The number of carbonyl (C=O) groups excluding carboxylic acids is 1. The quantitative estimate of drug-likeness (QED) is 0.463. The van der Waals surface area contributed by atoms with Gasteiger partial charge in [0.25, 0.3) is 5.91 Å². The predicted octanol–water partition coefficient (Wildman–Crippen LogP) is 3.77. The molecule has 0 saturated heterocycles. The van der Waals surface area contributed by atoms with Gasteiger partial charge in [-0.05, 0) is 92.4 Å². The summed E-state index contributed by atoms with van der Waals surface area (Å²) < 4.78 is 5.70. The van der Waals surface area contributed by atoms with Gasteiger partial charge < -0.3 is 20.5 Å². The minimum absolute atomic E-state index is 0.0664. The SMILES string of the molecule is O=C(NCC12CC3CC(CC(C3)C1)C2)c1cc(COCCNCCCO)ccc1Cl. The Morgan fingerprint density at radius 2 is 1.83 bits per heavy atom. The molecule has 0 unspecified atom stereocenters. The van der Waals surface area contributed by atoms with E-state index in [2.05, 4.69) is 10.6 Å². The van der Waals surface area contributed by atoms with Crippen LogP contribution in [0, 0.1) is 23.2 Å². The maximum Gasteiger partial charge on any atom is 0.252 e. The number of halogens is 1. The minimum atomic E-state index is -0.0664. The first-order chi connectivity index (χ1) is 14.6. The van der Waals surface area contributed by atoms with Crippen LogP contribution >= 0.6 is 11.6 Å². The van der Waals surface area contributed by atoms with Crippen LogP contribution in [0.3, 0.4) is 0 Å². The van der Waals surface area contributed by atoms with E-state index >= 15 is 0 Å². The lowest BCUT2D eigenvalue weighted by Crippen LogP contribution is -2.51. The highest BCUT2D eigenvalue weighted by atomic mass is 35.5. The Balaban J connectivity index is 1.27. The van der Waals surface area contributed by atoms with E-state index in [9.17, 15) is 4.79 Å². The molecule has 4 aliphatic rings. The molecule has 4 fully saturated rings. The van der Waals surface area contributed by atoms with Gasteiger partial charge in [0.1, 0.15) is 0 Å². The van der Waals surface area contributed by atoms with Crippen LogP contribution in [0.2, 0.25) is 5.02 Å². The van der Waals surface area contributed by atoms with Crippen molar-refractivity contribution < 1.29 is 14.6 Å². The summed E-state index contributed by atoms with van der Waals surface area (Å²) in [7, 11) is 0. The van der Waals surface area contributed by atoms with Crippen LogP contribution in [-0.2, 0) is 11.3 Å². The van der Waals surface area contributed by atoms with Crippen LogP contribution in [-0.4, -0.2) is 43.9 Å². The molecule has 0 radical (unpaired) electrons. The molecule has 0 heterocycles. The number of hydrogen-bond donors (Lipinski definition) is 3. The molecule has 4 saturated carbocycles. The minimum Gasteiger partial charge on any atom is -0.396 e. The number of benzene rings is 1. The van der Waals surface area contributed by atoms with Crippen molar-refractivity contribution in [3.63, 3.8) is 0 Å². The monoisotopic (exact) mass is 434 g/mol. The fraction of sp³-hybridized carbons (Fsp3) is 0.708. The highest BCUT2D eigenvalue weighted by Crippen LogP contribution is 2.59. The van der Waals surface area contributed by atoms with Gasteiger partial charge in [-0.2, -0.15) is 0 Å². The zero-order valence-corrected chi connectivity index (χ0v) is 18.6. The van der Waals surface area contributed by atoms with Crippen molar-refractivity contribution in [1.82, 2.24) is 10.6 Å². The third kappa shape index (κ3) is 5.37. The van der Waals surface area contributed by atoms with E-state index in [0.717, 1.165) is 49.4 Å². The maximum atomic E-state index is 12.9. The van der Waals surface area contributed by atoms with Crippen molar-refractivity contribution in [2.24, 2.45) is 23.2 Å². The van der Waals surface area contributed by atoms with Crippen molar-refractivity contribution >= 4 is 17.5 Å². The molecule has 1 aromatic rings. The summed E-state index contributed by atoms with van der Waals surface area (Å²) in [5.74, 6) is 2.59. The van der Waals surface area contributed by atoms with E-state index in [4.69, 9.17) is 21.4 Å². The Hall–Kier alpha value is -1.14. The average molecular weight is 435 g/mol. The summed E-state index contributed by atoms with van der Waals surface area (Å²) in [5.41, 5.74) is 1.82. The standard InChI is InChI=1S/C24H35ClN2O3/c25-22-3-2-17(15-30-7-5-26-4-1-6-28)11-21(22)23(29)27-16-24-12-18-8-19(13-24)10-20(9-18)14-24/h2-3,11,18-20,26,28H,1,4-10,12-16H2,(H,27,29). The Morgan fingerprint density at radius 3 is 2.50 bits per heavy atom. The molecule has 0 atom stereocenters. The second-order valence-electron chi connectivity index (χ2n) is 9.79. The number of carbonyl (C=O) groups is 1. The summed E-state index contributed by atoms with van der Waals surface area (Å²) >= 11 is 6.35. The van der Waals surface area contributed by atoms with Crippen LogP contribution in [0.1, 0.15) is 60.9 Å². The lowest BCUT2D eigenvalue weighted by atomic mass is 9.49. The number of rotatable bonds is 11. The number of nitrogens with one attached hydrogen (secondary N) is 2. The van der Waals surface area contributed by atoms with Crippen molar-refractivity contribution in [1.29, 1.82) is 0 Å². The summed E-state index contributed by atoms with van der Waals surface area (Å²) in [6, 6.07) is 5.56. The van der Waals surface area contributed by atoms with Gasteiger partial charge in [-0.15, -0.1) is 0 Å². The molecule has 6 heteroatoms. The second kappa shape index (κ2) is 9.99. The second-order valence-corrected chi connectivity index (χ2v) is 10.2. The molecule has 4 bridgehead atoms. The summed E-state index contributed by atoms with van der Waals surface area (Å²) in [6.07, 6.45) is 8.85. The summed E-state index contributed by atoms with van der Waals surface area (Å²) in [6.45, 7) is 3.55. The first-order valence-electron chi connectivity index (χ1n) is 11.5. The molecule has 166 valence electrons. The highest BCUT2D eigenvalue weighted by molar-refractivity contribution is 6.33. The van der Waals surface area contributed by atoms with Crippen LogP contribution in [0.15, 0.2) is 18.2 Å². The number of aliphatic hydroxyl groups excluding tert-OH is 1. The maximum absolute atomic E-state index is 12.9. The van der Waals surface area contributed by atoms with E-state index in [1.54, 1.807) is 6.07 Å². The molecule has 0 spiro atoms. The third-order valence-corrected chi connectivity index (χ3v) is 7.60.